The van der Waals surface area contributed by atoms with Gasteiger partial charge in [-0.2, -0.15) is 0 Å². The molecule has 0 bridgehead atoms. The van der Waals surface area contributed by atoms with Gasteiger partial charge in [0.25, 0.3) is 0 Å². The van der Waals surface area contributed by atoms with E-state index in [2.05, 4.69) is 21.1 Å². The summed E-state index contributed by atoms with van der Waals surface area (Å²) in [5, 5.41) is 3.88. The van der Waals surface area contributed by atoms with Crippen LogP contribution in [0.1, 0.15) is 0 Å². The van der Waals surface area contributed by atoms with Crippen LogP contribution in [0.4, 0.5) is 5.88 Å². The average molecular weight is 329 g/mol. The summed E-state index contributed by atoms with van der Waals surface area (Å²) in [7, 11) is 4.66. The molecule has 0 atom stereocenters. The minimum atomic E-state index is 0.221. The van der Waals surface area contributed by atoms with Gasteiger partial charge in [-0.05, 0) is 15.9 Å². The van der Waals surface area contributed by atoms with Gasteiger partial charge in [-0.15, -0.1) is 0 Å². The summed E-state index contributed by atoms with van der Waals surface area (Å²) in [5.74, 6) is 1.88. The van der Waals surface area contributed by atoms with Gasteiger partial charge in [0.05, 0.1) is 31.4 Å². The van der Waals surface area contributed by atoms with Crippen LogP contribution in [0, 0.1) is 0 Å². The molecule has 7 heteroatoms. The van der Waals surface area contributed by atoms with Gasteiger partial charge in [0.15, 0.2) is 11.5 Å². The zero-order chi connectivity index (χ0) is 14.0. The van der Waals surface area contributed by atoms with Crippen molar-refractivity contribution in [1.82, 2.24) is 5.16 Å². The fraction of sp³-hybridized carbons (Fsp3) is 0.250. The van der Waals surface area contributed by atoms with E-state index in [4.69, 9.17) is 24.5 Å². The van der Waals surface area contributed by atoms with E-state index in [0.29, 0.717) is 33.0 Å². The summed E-state index contributed by atoms with van der Waals surface area (Å²) in [6.45, 7) is 0. The van der Waals surface area contributed by atoms with E-state index < -0.39 is 0 Å². The van der Waals surface area contributed by atoms with Crippen molar-refractivity contribution < 1.29 is 18.7 Å². The Morgan fingerprint density at radius 3 is 2.26 bits per heavy atom. The first-order valence-corrected chi connectivity index (χ1v) is 6.12. The van der Waals surface area contributed by atoms with Crippen molar-refractivity contribution in [1.29, 1.82) is 0 Å². The Hall–Kier alpha value is -1.89. The first-order chi connectivity index (χ1) is 9.12. The quantitative estimate of drug-likeness (QED) is 0.929. The maximum absolute atomic E-state index is 5.54. The molecule has 0 aliphatic heterocycles. The second-order valence-electron chi connectivity index (χ2n) is 3.62. The molecular formula is C12H13BrN2O4. The number of hydrogen-bond donors (Lipinski definition) is 1. The summed E-state index contributed by atoms with van der Waals surface area (Å²) in [6, 6.07) is 3.32. The van der Waals surface area contributed by atoms with Crippen LogP contribution in [-0.4, -0.2) is 26.5 Å². The van der Waals surface area contributed by atoms with E-state index in [-0.39, 0.29) is 5.88 Å². The van der Waals surface area contributed by atoms with E-state index in [0.717, 1.165) is 0 Å². The Kier molecular flexibility index (Phi) is 3.84. The molecular weight excluding hydrogens is 316 g/mol. The summed E-state index contributed by atoms with van der Waals surface area (Å²) in [6.07, 6.45) is 0. The molecule has 1 heterocycles. The van der Waals surface area contributed by atoms with Crippen molar-refractivity contribution in [2.45, 2.75) is 0 Å². The molecule has 1 aromatic carbocycles. The Balaban J connectivity index is 2.71. The zero-order valence-corrected chi connectivity index (χ0v) is 12.3. The highest BCUT2D eigenvalue weighted by molar-refractivity contribution is 9.10. The SMILES string of the molecule is COc1cc(OC)c(-c2cc(N)on2)c(Br)c1OC. The second-order valence-corrected chi connectivity index (χ2v) is 4.41. The molecule has 0 spiro atoms. The van der Waals surface area contributed by atoms with Crippen LogP contribution >= 0.6 is 15.9 Å². The normalized spacial score (nSPS) is 10.3. The lowest BCUT2D eigenvalue weighted by Crippen LogP contribution is -1.97. The van der Waals surface area contributed by atoms with E-state index >= 15 is 0 Å². The van der Waals surface area contributed by atoms with Crippen LogP contribution in [0.5, 0.6) is 17.2 Å². The smallest absolute Gasteiger partial charge is 0.222 e. The molecule has 0 amide bonds. The predicted octanol–water partition coefficient (Wildman–Crippen LogP) is 2.71. The third-order valence-electron chi connectivity index (χ3n) is 2.58. The fourth-order valence-electron chi connectivity index (χ4n) is 1.74. The molecule has 0 unspecified atom stereocenters. The van der Waals surface area contributed by atoms with Crippen LogP contribution < -0.4 is 19.9 Å². The Morgan fingerprint density at radius 1 is 1.11 bits per heavy atom. The fourth-order valence-corrected chi connectivity index (χ4v) is 2.49. The monoisotopic (exact) mass is 328 g/mol. The van der Waals surface area contributed by atoms with Gasteiger partial charge in [-0.25, -0.2) is 0 Å². The molecule has 0 saturated heterocycles. The number of nitrogens with zero attached hydrogens (tertiary/aromatic N) is 1. The van der Waals surface area contributed by atoms with Gasteiger partial charge in [0.1, 0.15) is 11.4 Å². The highest BCUT2D eigenvalue weighted by atomic mass is 79.9. The molecule has 2 rings (SSSR count). The van der Waals surface area contributed by atoms with Crippen molar-refractivity contribution in [3.63, 3.8) is 0 Å². The number of aromatic nitrogens is 1. The van der Waals surface area contributed by atoms with E-state index in [1.807, 2.05) is 0 Å². The first-order valence-electron chi connectivity index (χ1n) is 5.33. The molecule has 1 aromatic heterocycles. The largest absolute Gasteiger partial charge is 0.496 e. The molecule has 19 heavy (non-hydrogen) atoms. The van der Waals surface area contributed by atoms with Gasteiger partial charge in [0.2, 0.25) is 5.88 Å². The lowest BCUT2D eigenvalue weighted by Gasteiger charge is -2.15. The third kappa shape index (κ3) is 2.33. The number of nitrogens with two attached hydrogens (primary N) is 1. The van der Waals surface area contributed by atoms with Crippen LogP contribution in [0.25, 0.3) is 11.3 Å². The number of methoxy groups -OCH3 is 3. The standard InChI is InChI=1S/C12H13BrN2O4/c1-16-7-5-8(17-2)12(18-3)11(13)10(7)6-4-9(14)19-15-6/h4-5H,14H2,1-3H3. The summed E-state index contributed by atoms with van der Waals surface area (Å²) >= 11 is 3.46. The molecule has 6 nitrogen and oxygen atoms in total. The summed E-state index contributed by atoms with van der Waals surface area (Å²) in [4.78, 5) is 0. The average Bonchev–Trinajstić information content (AvgIpc) is 2.83. The van der Waals surface area contributed by atoms with E-state index in [9.17, 15) is 0 Å². The first kappa shape index (κ1) is 13.5. The van der Waals surface area contributed by atoms with Gasteiger partial charge < -0.3 is 24.5 Å². The highest BCUT2D eigenvalue weighted by Crippen LogP contribution is 2.47. The number of ether oxygens (including phenoxy) is 3. The summed E-state index contributed by atoms with van der Waals surface area (Å²) in [5.41, 5.74) is 6.77. The lowest BCUT2D eigenvalue weighted by molar-refractivity contribution is 0.347. The van der Waals surface area contributed by atoms with Gasteiger partial charge in [0, 0.05) is 12.1 Å². The number of hydrogen-bond acceptors (Lipinski definition) is 6. The van der Waals surface area contributed by atoms with Gasteiger partial charge in [-0.1, -0.05) is 5.16 Å². The Morgan fingerprint density at radius 2 is 1.79 bits per heavy atom. The topological polar surface area (TPSA) is 79.7 Å². The number of halogens is 1. The van der Waals surface area contributed by atoms with Crippen molar-refractivity contribution in [2.75, 3.05) is 27.1 Å². The number of rotatable bonds is 4. The molecule has 0 aliphatic carbocycles. The molecule has 2 N–H and O–H groups in total. The maximum Gasteiger partial charge on any atom is 0.222 e. The van der Waals surface area contributed by atoms with Gasteiger partial charge in [-0.3, -0.25) is 0 Å². The van der Waals surface area contributed by atoms with Crippen LogP contribution in [0.2, 0.25) is 0 Å². The van der Waals surface area contributed by atoms with Crippen molar-refractivity contribution >= 4 is 21.8 Å². The van der Waals surface area contributed by atoms with Gasteiger partial charge >= 0.3 is 0 Å². The molecule has 2 aromatic rings. The Labute approximate surface area is 118 Å². The van der Waals surface area contributed by atoms with Crippen molar-refractivity contribution in [3.05, 3.63) is 16.6 Å². The molecule has 0 fully saturated rings. The molecule has 102 valence electrons. The number of benzene rings is 1. The van der Waals surface area contributed by atoms with E-state index in [1.165, 1.54) is 0 Å². The molecule has 0 radical (unpaired) electrons. The third-order valence-corrected chi connectivity index (χ3v) is 3.34. The predicted molar refractivity (Wildman–Crippen MR) is 73.7 cm³/mol. The lowest BCUT2D eigenvalue weighted by atomic mass is 10.1. The second kappa shape index (κ2) is 5.40. The van der Waals surface area contributed by atoms with Crippen LogP contribution in [-0.2, 0) is 0 Å². The minimum absolute atomic E-state index is 0.221. The number of anilines is 1. The number of nitrogen functional groups attached to an aromatic ring is 1. The highest BCUT2D eigenvalue weighted by Gasteiger charge is 2.22. The Bertz CT molecular complexity index is 598. The molecule has 0 saturated carbocycles. The molecule has 0 aliphatic rings. The van der Waals surface area contributed by atoms with Crippen molar-refractivity contribution in [2.24, 2.45) is 0 Å². The maximum atomic E-state index is 5.54. The van der Waals surface area contributed by atoms with Crippen molar-refractivity contribution in [3.8, 4) is 28.5 Å². The van der Waals surface area contributed by atoms with Crippen LogP contribution in [0.3, 0.4) is 0 Å². The van der Waals surface area contributed by atoms with E-state index in [1.54, 1.807) is 33.5 Å². The van der Waals surface area contributed by atoms with Crippen LogP contribution in [0.15, 0.2) is 21.1 Å². The minimum Gasteiger partial charge on any atom is -0.496 e. The zero-order valence-electron chi connectivity index (χ0n) is 10.7. The summed E-state index contributed by atoms with van der Waals surface area (Å²) < 4.78 is 21.4.